The van der Waals surface area contributed by atoms with E-state index in [1.807, 2.05) is 0 Å². The summed E-state index contributed by atoms with van der Waals surface area (Å²) in [5.41, 5.74) is -0.815. The van der Waals surface area contributed by atoms with Crippen LogP contribution in [-0.2, 0) is 19.2 Å². The van der Waals surface area contributed by atoms with Gasteiger partial charge in [0.05, 0.1) is 0 Å². The molecule has 8 heteroatoms. The van der Waals surface area contributed by atoms with Gasteiger partial charge in [0.1, 0.15) is 12.0 Å². The van der Waals surface area contributed by atoms with Gasteiger partial charge in [-0.05, 0) is 0 Å². The van der Waals surface area contributed by atoms with Gasteiger partial charge in [0.25, 0.3) is 0 Å². The summed E-state index contributed by atoms with van der Waals surface area (Å²) in [5, 5.41) is 31.2. The lowest BCUT2D eigenvalue weighted by Gasteiger charge is -1.86. The van der Waals surface area contributed by atoms with Crippen LogP contribution in [0.25, 0.3) is 0 Å². The highest BCUT2D eigenvalue weighted by atomic mass is 16.4. The summed E-state index contributed by atoms with van der Waals surface area (Å²) >= 11 is 0. The van der Waals surface area contributed by atoms with Crippen molar-refractivity contribution in [3.63, 3.8) is 0 Å². The summed E-state index contributed by atoms with van der Waals surface area (Å²) in [6.45, 7) is 2.75. The van der Waals surface area contributed by atoms with Gasteiger partial charge in [-0.2, -0.15) is 0 Å². The molecule has 0 aliphatic carbocycles. The van der Waals surface area contributed by atoms with Crippen molar-refractivity contribution in [1.82, 2.24) is 0 Å². The molecule has 15 heavy (non-hydrogen) atoms. The predicted octanol–water partition coefficient (Wildman–Crippen LogP) is -0.742. The first kappa shape index (κ1) is 15.1. The minimum atomic E-state index is -1.50. The number of hydrogen-bond donors (Lipinski definition) is 4. The molecule has 0 aromatic rings. The third-order valence-corrected chi connectivity index (χ3v) is 0.819. The monoisotopic (exact) mass is 220 g/mol. The van der Waals surface area contributed by atoms with Crippen LogP contribution in [0.2, 0.25) is 0 Å². The minimum absolute atomic E-state index is 0.806. The van der Waals surface area contributed by atoms with Crippen LogP contribution in [0.1, 0.15) is 6.42 Å². The van der Waals surface area contributed by atoms with Crippen molar-refractivity contribution in [2.24, 2.45) is 0 Å². The van der Waals surface area contributed by atoms with Crippen molar-refractivity contribution in [2.45, 2.75) is 6.42 Å². The molecule has 0 aliphatic heterocycles. The van der Waals surface area contributed by atoms with E-state index in [1.165, 1.54) is 0 Å². The van der Waals surface area contributed by atoms with Crippen LogP contribution < -0.4 is 0 Å². The van der Waals surface area contributed by atoms with Crippen LogP contribution in [0.15, 0.2) is 12.2 Å². The molecule has 0 saturated carbocycles. The molecule has 0 unspecified atom stereocenters. The molecule has 0 aromatic heterocycles. The van der Waals surface area contributed by atoms with E-state index in [9.17, 15) is 19.2 Å². The van der Waals surface area contributed by atoms with Crippen LogP contribution in [-0.4, -0.2) is 44.3 Å². The first-order valence-corrected chi connectivity index (χ1v) is 3.27. The van der Waals surface area contributed by atoms with Crippen LogP contribution in [0.3, 0.4) is 0 Å². The Morgan fingerprint density at radius 1 is 0.800 bits per heavy atom. The van der Waals surface area contributed by atoms with Crippen LogP contribution in [0.5, 0.6) is 0 Å². The molecule has 8 nitrogen and oxygen atoms in total. The molecule has 84 valence electrons. The summed E-state index contributed by atoms with van der Waals surface area (Å²) < 4.78 is 0. The Bertz CT molecular complexity index is 274. The second-order valence-electron chi connectivity index (χ2n) is 2.05. The maximum atomic E-state index is 9.66. The minimum Gasteiger partial charge on any atom is -0.481 e. The lowest BCUT2D eigenvalue weighted by Crippen LogP contribution is -2.08. The average Bonchev–Trinajstić information content (AvgIpc) is 2.00. The summed E-state index contributed by atoms with van der Waals surface area (Å²) in [7, 11) is 0. The molecule has 0 amide bonds. The van der Waals surface area contributed by atoms with E-state index in [2.05, 4.69) is 6.58 Å². The highest BCUT2D eigenvalue weighted by molar-refractivity contribution is 6.11. The molecule has 0 fully saturated rings. The lowest BCUT2D eigenvalue weighted by molar-refractivity contribution is -0.147. The molecule has 0 heterocycles. The van der Waals surface area contributed by atoms with E-state index in [1.54, 1.807) is 0 Å². The van der Waals surface area contributed by atoms with Gasteiger partial charge in [-0.3, -0.25) is 9.59 Å². The second-order valence-corrected chi connectivity index (χ2v) is 2.05. The van der Waals surface area contributed by atoms with Crippen LogP contribution in [0, 0.1) is 0 Å². The third-order valence-electron chi connectivity index (χ3n) is 0.819. The van der Waals surface area contributed by atoms with Crippen molar-refractivity contribution in [2.75, 3.05) is 0 Å². The molecule has 0 aromatic carbocycles. The van der Waals surface area contributed by atoms with Crippen LogP contribution >= 0.6 is 0 Å². The molecule has 0 aliphatic rings. The third kappa shape index (κ3) is 11.6. The van der Waals surface area contributed by atoms with E-state index in [-0.39, 0.29) is 0 Å². The van der Waals surface area contributed by atoms with Gasteiger partial charge < -0.3 is 20.4 Å². The number of carbonyl (C=O) groups is 4. The Labute approximate surface area is 83.1 Å². The fourth-order valence-corrected chi connectivity index (χ4v) is 0.221. The Morgan fingerprint density at radius 2 is 1.07 bits per heavy atom. The number of hydrogen-bond acceptors (Lipinski definition) is 4. The van der Waals surface area contributed by atoms with Crippen LogP contribution in [0.4, 0.5) is 0 Å². The van der Waals surface area contributed by atoms with Crippen molar-refractivity contribution in [1.29, 1.82) is 0 Å². The van der Waals surface area contributed by atoms with Crippen molar-refractivity contribution in [3.8, 4) is 0 Å². The van der Waals surface area contributed by atoms with Gasteiger partial charge in [0.2, 0.25) is 0 Å². The van der Waals surface area contributed by atoms with Crippen molar-refractivity contribution in [3.05, 3.63) is 12.2 Å². The smallest absolute Gasteiger partial charge is 0.342 e. The molecule has 0 rings (SSSR count). The van der Waals surface area contributed by atoms with Gasteiger partial charge in [-0.25, -0.2) is 9.59 Å². The highest BCUT2D eigenvalue weighted by Crippen LogP contribution is 1.86. The largest absolute Gasteiger partial charge is 0.481 e. The number of rotatable bonds is 4. The first-order chi connectivity index (χ1) is 6.68. The summed E-state index contributed by atoms with van der Waals surface area (Å²) in [4.78, 5) is 38.2. The van der Waals surface area contributed by atoms with Gasteiger partial charge >= 0.3 is 23.9 Å². The van der Waals surface area contributed by atoms with Gasteiger partial charge in [0, 0.05) is 0 Å². The molecule has 0 saturated heterocycles. The number of aliphatic carboxylic acids is 4. The standard InChI is InChI=1S/C4H4O4.C3H4O4/c1-2(3(5)6)4(7)8;4-2(5)1-3(6)7/h1H2,(H,5,6)(H,7,8);1H2,(H,4,5)(H,6,7). The topological polar surface area (TPSA) is 149 Å². The fraction of sp³-hybridized carbons (Fsp3) is 0.143. The number of carboxylic acids is 4. The second kappa shape index (κ2) is 7.06. The van der Waals surface area contributed by atoms with E-state index in [4.69, 9.17) is 20.4 Å². The zero-order chi connectivity index (χ0) is 12.6. The Balaban J connectivity index is 0. The van der Waals surface area contributed by atoms with Gasteiger partial charge in [-0.1, -0.05) is 6.58 Å². The maximum Gasteiger partial charge on any atom is 0.342 e. The maximum absolute atomic E-state index is 9.66. The normalized spacial score (nSPS) is 8.00. The number of carboxylic acid groups (broad SMARTS) is 4. The quantitative estimate of drug-likeness (QED) is 0.275. The Morgan fingerprint density at radius 3 is 1.07 bits per heavy atom. The SMILES string of the molecule is C=C(C(=O)O)C(=O)O.O=C(O)CC(=O)O. The average molecular weight is 220 g/mol. The fourth-order valence-electron chi connectivity index (χ4n) is 0.221. The molecular formula is C7H8O8. The molecule has 0 spiro atoms. The molecular weight excluding hydrogens is 212 g/mol. The van der Waals surface area contributed by atoms with E-state index in [0.717, 1.165) is 0 Å². The van der Waals surface area contributed by atoms with E-state index >= 15 is 0 Å². The van der Waals surface area contributed by atoms with Gasteiger partial charge in [0.15, 0.2) is 0 Å². The van der Waals surface area contributed by atoms with Crippen molar-refractivity contribution < 1.29 is 39.6 Å². The van der Waals surface area contributed by atoms with E-state index in [0.29, 0.717) is 0 Å². The lowest BCUT2D eigenvalue weighted by atomic mass is 10.3. The summed E-state index contributed by atoms with van der Waals surface area (Å²) in [6.07, 6.45) is -0.806. The summed E-state index contributed by atoms with van der Waals surface area (Å²) in [5.74, 6) is -5.63. The Kier molecular flexibility index (Phi) is 7.12. The zero-order valence-corrected chi connectivity index (χ0v) is 7.34. The predicted molar refractivity (Wildman–Crippen MR) is 44.3 cm³/mol. The summed E-state index contributed by atoms with van der Waals surface area (Å²) in [6, 6.07) is 0. The Hall–Kier alpha value is -2.38. The van der Waals surface area contributed by atoms with Gasteiger partial charge in [-0.15, -0.1) is 0 Å². The molecule has 0 radical (unpaired) electrons. The highest BCUT2D eigenvalue weighted by Gasteiger charge is 2.10. The molecule has 0 bridgehead atoms. The first-order valence-electron chi connectivity index (χ1n) is 3.27. The zero-order valence-electron chi connectivity index (χ0n) is 7.34. The molecule has 4 N–H and O–H groups in total. The van der Waals surface area contributed by atoms with Crippen molar-refractivity contribution >= 4 is 23.9 Å². The van der Waals surface area contributed by atoms with E-state index < -0.39 is 35.9 Å². The molecule has 0 atom stereocenters.